The number of rotatable bonds is 5. The van der Waals surface area contributed by atoms with E-state index in [0.29, 0.717) is 38.2 Å². The molecule has 1 aromatic heterocycles. The number of piperidine rings is 1. The lowest BCUT2D eigenvalue weighted by Crippen LogP contribution is -2.40. The second kappa shape index (κ2) is 7.59. The number of anilines is 1. The third-order valence-corrected chi connectivity index (χ3v) is 6.09. The van der Waals surface area contributed by atoms with Crippen molar-refractivity contribution in [2.75, 3.05) is 24.7 Å². The maximum absolute atomic E-state index is 12.4. The van der Waals surface area contributed by atoms with Gasteiger partial charge in [0.25, 0.3) is 0 Å². The first-order valence-corrected chi connectivity index (χ1v) is 10.5. The second-order valence-electron chi connectivity index (χ2n) is 6.78. The summed E-state index contributed by atoms with van der Waals surface area (Å²) in [5.41, 5.74) is 3.04. The van der Waals surface area contributed by atoms with E-state index in [0.717, 1.165) is 0 Å². The third-order valence-electron chi connectivity index (χ3n) is 4.79. The number of aryl methyl sites for hydroxylation is 1. The minimum atomic E-state index is -3.18. The highest BCUT2D eigenvalue weighted by molar-refractivity contribution is 7.88. The number of amides is 1. The Morgan fingerprint density at radius 3 is 2.62 bits per heavy atom. The fourth-order valence-electron chi connectivity index (χ4n) is 3.17. The van der Waals surface area contributed by atoms with E-state index < -0.39 is 10.0 Å². The van der Waals surface area contributed by atoms with Gasteiger partial charge in [0.2, 0.25) is 15.9 Å². The SMILES string of the molecule is Cc1ccccc1Cn1cc(NC(=O)C2CCN(S(C)(=O)=O)CC2)cn1. The molecule has 1 saturated heterocycles. The van der Waals surface area contributed by atoms with E-state index in [1.807, 2.05) is 18.3 Å². The highest BCUT2D eigenvalue weighted by Gasteiger charge is 2.29. The standard InChI is InChI=1S/C18H24N4O3S/c1-14-5-3-4-6-16(14)12-21-13-17(11-19-21)20-18(23)15-7-9-22(10-8-15)26(2,24)25/h3-6,11,13,15H,7-10,12H2,1-2H3,(H,20,23). The monoisotopic (exact) mass is 376 g/mol. The molecular formula is C18H24N4O3S. The van der Waals surface area contributed by atoms with E-state index >= 15 is 0 Å². The zero-order chi connectivity index (χ0) is 18.7. The van der Waals surface area contributed by atoms with Gasteiger partial charge in [-0.25, -0.2) is 12.7 Å². The predicted molar refractivity (Wildman–Crippen MR) is 100 cm³/mol. The highest BCUT2D eigenvalue weighted by Crippen LogP contribution is 2.21. The number of benzene rings is 1. The number of nitrogens with one attached hydrogen (secondary N) is 1. The number of hydrogen-bond acceptors (Lipinski definition) is 4. The van der Waals surface area contributed by atoms with E-state index in [4.69, 9.17) is 0 Å². The molecule has 0 saturated carbocycles. The minimum Gasteiger partial charge on any atom is -0.323 e. The van der Waals surface area contributed by atoms with Crippen LogP contribution < -0.4 is 5.32 Å². The number of nitrogens with zero attached hydrogens (tertiary/aromatic N) is 3. The van der Waals surface area contributed by atoms with Gasteiger partial charge in [-0.3, -0.25) is 9.48 Å². The van der Waals surface area contributed by atoms with Crippen molar-refractivity contribution in [3.63, 3.8) is 0 Å². The van der Waals surface area contributed by atoms with Crippen LogP contribution >= 0.6 is 0 Å². The molecule has 0 aliphatic carbocycles. The van der Waals surface area contributed by atoms with E-state index in [2.05, 4.69) is 29.5 Å². The van der Waals surface area contributed by atoms with Crippen molar-refractivity contribution in [1.82, 2.24) is 14.1 Å². The van der Waals surface area contributed by atoms with Gasteiger partial charge < -0.3 is 5.32 Å². The van der Waals surface area contributed by atoms with Crippen LogP contribution in [0.25, 0.3) is 0 Å². The molecule has 0 atom stereocenters. The average molecular weight is 376 g/mol. The van der Waals surface area contributed by atoms with E-state index in [9.17, 15) is 13.2 Å². The Bertz CT molecular complexity index is 883. The van der Waals surface area contributed by atoms with Crippen LogP contribution in [0.3, 0.4) is 0 Å². The fourth-order valence-corrected chi connectivity index (χ4v) is 4.04. The minimum absolute atomic E-state index is 0.0754. The molecule has 0 spiro atoms. The molecule has 2 aromatic rings. The summed E-state index contributed by atoms with van der Waals surface area (Å²) in [7, 11) is -3.18. The molecule has 0 bridgehead atoms. The maximum atomic E-state index is 12.4. The van der Waals surface area contributed by atoms with Crippen LogP contribution in [-0.4, -0.2) is 47.8 Å². The van der Waals surface area contributed by atoms with Crippen LogP contribution in [0.4, 0.5) is 5.69 Å². The smallest absolute Gasteiger partial charge is 0.227 e. The molecule has 140 valence electrons. The van der Waals surface area contributed by atoms with E-state index in [-0.39, 0.29) is 11.8 Å². The quantitative estimate of drug-likeness (QED) is 0.863. The summed E-state index contributed by atoms with van der Waals surface area (Å²) < 4.78 is 26.3. The zero-order valence-electron chi connectivity index (χ0n) is 15.1. The molecule has 1 fully saturated rings. The molecule has 0 radical (unpaired) electrons. The molecule has 1 aromatic carbocycles. The van der Waals surface area contributed by atoms with Crippen molar-refractivity contribution < 1.29 is 13.2 Å². The van der Waals surface area contributed by atoms with Crippen LogP contribution in [0.15, 0.2) is 36.7 Å². The molecule has 8 heteroatoms. The van der Waals surface area contributed by atoms with Crippen molar-refractivity contribution in [3.05, 3.63) is 47.8 Å². The molecule has 1 amide bonds. The zero-order valence-corrected chi connectivity index (χ0v) is 15.9. The second-order valence-corrected chi connectivity index (χ2v) is 8.76. The summed E-state index contributed by atoms with van der Waals surface area (Å²) in [5, 5.41) is 7.21. The molecule has 7 nitrogen and oxygen atoms in total. The Morgan fingerprint density at radius 1 is 1.27 bits per heavy atom. The molecule has 1 aliphatic rings. The summed E-state index contributed by atoms with van der Waals surface area (Å²) in [6, 6.07) is 8.12. The number of hydrogen-bond donors (Lipinski definition) is 1. The van der Waals surface area contributed by atoms with Gasteiger partial charge in [0, 0.05) is 25.2 Å². The highest BCUT2D eigenvalue weighted by atomic mass is 32.2. The third kappa shape index (κ3) is 4.50. The molecule has 2 heterocycles. The average Bonchev–Trinajstić information content (AvgIpc) is 3.03. The Balaban J connectivity index is 1.56. The largest absolute Gasteiger partial charge is 0.323 e. The molecule has 1 aliphatic heterocycles. The lowest BCUT2D eigenvalue weighted by Gasteiger charge is -2.29. The number of sulfonamides is 1. The first kappa shape index (κ1) is 18.6. The van der Waals surface area contributed by atoms with Gasteiger partial charge in [0.15, 0.2) is 0 Å². The lowest BCUT2D eigenvalue weighted by atomic mass is 9.97. The lowest BCUT2D eigenvalue weighted by molar-refractivity contribution is -0.120. The Hall–Kier alpha value is -2.19. The first-order valence-electron chi connectivity index (χ1n) is 8.66. The van der Waals surface area contributed by atoms with Crippen molar-refractivity contribution in [2.24, 2.45) is 5.92 Å². The fraction of sp³-hybridized carbons (Fsp3) is 0.444. The van der Waals surface area contributed by atoms with Gasteiger partial charge in [-0.2, -0.15) is 5.10 Å². The number of carbonyl (C=O) groups is 1. The Labute approximate surface area is 154 Å². The summed E-state index contributed by atoms with van der Waals surface area (Å²) in [6.07, 6.45) is 5.74. The maximum Gasteiger partial charge on any atom is 0.227 e. The van der Waals surface area contributed by atoms with Crippen molar-refractivity contribution in [2.45, 2.75) is 26.3 Å². The van der Waals surface area contributed by atoms with Gasteiger partial charge in [-0.15, -0.1) is 0 Å². The summed E-state index contributed by atoms with van der Waals surface area (Å²) >= 11 is 0. The van der Waals surface area contributed by atoms with Crippen LogP contribution in [0, 0.1) is 12.8 Å². The van der Waals surface area contributed by atoms with Gasteiger partial charge in [0.05, 0.1) is 24.7 Å². The number of aromatic nitrogens is 2. The molecule has 3 rings (SSSR count). The first-order chi connectivity index (χ1) is 12.3. The van der Waals surface area contributed by atoms with Gasteiger partial charge in [0.1, 0.15) is 0 Å². The Kier molecular flexibility index (Phi) is 5.43. The van der Waals surface area contributed by atoms with Crippen molar-refractivity contribution in [3.8, 4) is 0 Å². The number of carbonyl (C=O) groups excluding carboxylic acids is 1. The predicted octanol–water partition coefficient (Wildman–Crippen LogP) is 1.85. The van der Waals surface area contributed by atoms with Crippen molar-refractivity contribution in [1.29, 1.82) is 0 Å². The van der Waals surface area contributed by atoms with Gasteiger partial charge in [-0.05, 0) is 30.9 Å². The molecular weight excluding hydrogens is 352 g/mol. The molecule has 26 heavy (non-hydrogen) atoms. The summed E-state index contributed by atoms with van der Waals surface area (Å²) in [6.45, 7) is 3.49. The van der Waals surface area contributed by atoms with Crippen molar-refractivity contribution >= 4 is 21.6 Å². The summed E-state index contributed by atoms with van der Waals surface area (Å²) in [5.74, 6) is -0.249. The van der Waals surface area contributed by atoms with Gasteiger partial charge >= 0.3 is 0 Å². The van der Waals surface area contributed by atoms with Gasteiger partial charge in [-0.1, -0.05) is 24.3 Å². The summed E-state index contributed by atoms with van der Waals surface area (Å²) in [4.78, 5) is 12.4. The van der Waals surface area contributed by atoms with Crippen LogP contribution in [0.5, 0.6) is 0 Å². The topological polar surface area (TPSA) is 84.3 Å². The van der Waals surface area contributed by atoms with E-state index in [1.165, 1.54) is 21.7 Å². The van der Waals surface area contributed by atoms with Crippen LogP contribution in [-0.2, 0) is 21.4 Å². The normalized spacial score (nSPS) is 16.5. The van der Waals surface area contributed by atoms with E-state index in [1.54, 1.807) is 10.9 Å². The molecule has 1 N–H and O–H groups in total. The van der Waals surface area contributed by atoms with Crippen LogP contribution in [0.2, 0.25) is 0 Å². The molecule has 0 unspecified atom stereocenters. The van der Waals surface area contributed by atoms with Crippen LogP contribution in [0.1, 0.15) is 24.0 Å². The Morgan fingerprint density at radius 2 is 1.96 bits per heavy atom.